The lowest BCUT2D eigenvalue weighted by Crippen LogP contribution is -2.65. The first-order valence-electron chi connectivity index (χ1n) is 21.9. The highest BCUT2D eigenvalue weighted by Gasteiger charge is 2.57. The van der Waals surface area contributed by atoms with Gasteiger partial charge >= 0.3 is 0 Å². The van der Waals surface area contributed by atoms with Crippen LogP contribution in [0, 0.1) is 0 Å². The molecule has 63 heavy (non-hydrogen) atoms. The molecule has 2 aliphatic heterocycles. The number of fused-ring (bicyclic) bond motifs is 1. The molecule has 6 aromatic carbocycles. The van der Waals surface area contributed by atoms with E-state index in [2.05, 4.69) is 0 Å². The van der Waals surface area contributed by atoms with E-state index in [0.717, 1.165) is 59.3 Å². The lowest BCUT2D eigenvalue weighted by Gasteiger charge is -2.50. The van der Waals surface area contributed by atoms with Crippen molar-refractivity contribution < 1.29 is 43.1 Å². The summed E-state index contributed by atoms with van der Waals surface area (Å²) in [6.07, 6.45) is 1.39. The van der Waals surface area contributed by atoms with E-state index in [4.69, 9.17) is 33.2 Å². The third-order valence-electron chi connectivity index (χ3n) is 12.6. The molecule has 1 aliphatic carbocycles. The van der Waals surface area contributed by atoms with Gasteiger partial charge in [0.05, 0.1) is 45.7 Å². The van der Waals surface area contributed by atoms with Crippen molar-refractivity contribution in [1.82, 2.24) is 0 Å². The molecule has 0 aromatic heterocycles. The van der Waals surface area contributed by atoms with Gasteiger partial charge in [-0.25, -0.2) is 0 Å². The lowest BCUT2D eigenvalue weighted by molar-refractivity contribution is -0.378. The number of aryl methyl sites for hydroxylation is 1. The molecule has 3 aliphatic rings. The molecular formula is C54H54O9. The maximum atomic E-state index is 14.6. The van der Waals surface area contributed by atoms with Crippen molar-refractivity contribution in [3.05, 3.63) is 202 Å². The summed E-state index contributed by atoms with van der Waals surface area (Å²) in [7, 11) is 1.53. The normalized spacial score (nSPS) is 22.4. The second-order valence-corrected chi connectivity index (χ2v) is 16.8. The quantitative estimate of drug-likeness (QED) is 0.0900. The molecule has 1 spiro atoms. The van der Waals surface area contributed by atoms with Gasteiger partial charge in [-0.1, -0.05) is 121 Å². The van der Waals surface area contributed by atoms with Gasteiger partial charge in [0, 0.05) is 11.1 Å². The zero-order valence-corrected chi connectivity index (χ0v) is 35.6. The highest BCUT2D eigenvalue weighted by molar-refractivity contribution is 6.11. The van der Waals surface area contributed by atoms with E-state index in [-0.39, 0.29) is 43.4 Å². The number of carbonyl (C=O) groups is 1. The van der Waals surface area contributed by atoms with Gasteiger partial charge in [0.2, 0.25) is 5.79 Å². The van der Waals surface area contributed by atoms with Gasteiger partial charge < -0.3 is 38.3 Å². The molecule has 0 radical (unpaired) electrons. The fraction of sp³-hybridized carbons (Fsp3) is 0.315. The van der Waals surface area contributed by atoms with Crippen LogP contribution >= 0.6 is 0 Å². The van der Waals surface area contributed by atoms with E-state index < -0.39 is 30.2 Å². The van der Waals surface area contributed by atoms with Gasteiger partial charge in [-0.15, -0.1) is 0 Å². The van der Waals surface area contributed by atoms with Crippen molar-refractivity contribution in [2.45, 2.75) is 94.3 Å². The van der Waals surface area contributed by atoms with Gasteiger partial charge in [0.25, 0.3) is 0 Å². The average molecular weight is 847 g/mol. The van der Waals surface area contributed by atoms with Gasteiger partial charge in [0.1, 0.15) is 41.5 Å². The number of aliphatic hydroxyl groups is 1. The molecular weight excluding hydrogens is 793 g/mol. The molecule has 2 fully saturated rings. The predicted octanol–water partition coefficient (Wildman–Crippen LogP) is 9.69. The molecule has 9 heteroatoms. The monoisotopic (exact) mass is 846 g/mol. The molecule has 1 saturated carbocycles. The number of carbonyl (C=O) groups excluding carboxylic acids is 1. The standard InChI is InChI=1S/C54H54O9/c1-57-47-26-24-44(32-45(47)49(55)43-23-25-46-42(31-43)27-30-53(62-46)28-14-29-53)54(56)52(61-36-41-21-12-5-13-22-41)51(60-35-40-19-10-4-11-20-40)50(59-34-39-17-8-3-9-18-39)48(63-54)37-58-33-38-15-6-2-7-16-38/h2-13,15-26,31-32,48,50-52,56H,14,27-30,33-37H2,1H3. The lowest BCUT2D eigenvalue weighted by atomic mass is 9.74. The Kier molecular flexibility index (Phi) is 13.1. The maximum Gasteiger partial charge on any atom is 0.222 e. The van der Waals surface area contributed by atoms with E-state index in [1.165, 1.54) is 13.5 Å². The average Bonchev–Trinajstić information content (AvgIpc) is 3.32. The molecule has 1 saturated heterocycles. The summed E-state index contributed by atoms with van der Waals surface area (Å²) in [6.45, 7) is 0.928. The van der Waals surface area contributed by atoms with Gasteiger partial charge in [0.15, 0.2) is 5.78 Å². The Hall–Kier alpha value is -5.65. The zero-order valence-electron chi connectivity index (χ0n) is 35.6. The Balaban J connectivity index is 1.11. The van der Waals surface area contributed by atoms with Crippen LogP contribution in [0.5, 0.6) is 11.5 Å². The van der Waals surface area contributed by atoms with Crippen LogP contribution < -0.4 is 9.47 Å². The van der Waals surface area contributed by atoms with Crippen LogP contribution in [0.1, 0.15) is 75.0 Å². The van der Waals surface area contributed by atoms with E-state index in [0.29, 0.717) is 23.5 Å². The minimum Gasteiger partial charge on any atom is -0.496 e. The van der Waals surface area contributed by atoms with Crippen LogP contribution in [-0.2, 0) is 62.3 Å². The molecule has 5 atom stereocenters. The summed E-state index contributed by atoms with van der Waals surface area (Å²) in [6, 6.07) is 50.1. The zero-order chi connectivity index (χ0) is 43.1. The number of benzene rings is 6. The molecule has 6 aromatic rings. The Morgan fingerprint density at radius 3 is 1.79 bits per heavy atom. The largest absolute Gasteiger partial charge is 0.496 e. The Bertz CT molecular complexity index is 2420. The minimum atomic E-state index is -2.17. The summed E-state index contributed by atoms with van der Waals surface area (Å²) >= 11 is 0. The van der Waals surface area contributed by atoms with E-state index >= 15 is 0 Å². The molecule has 2 heterocycles. The molecule has 0 amide bonds. The highest BCUT2D eigenvalue weighted by atomic mass is 16.7. The number of ketones is 1. The second kappa shape index (κ2) is 19.4. The first-order valence-corrected chi connectivity index (χ1v) is 21.9. The van der Waals surface area contributed by atoms with Crippen LogP contribution in [0.3, 0.4) is 0 Å². The van der Waals surface area contributed by atoms with E-state index in [9.17, 15) is 9.90 Å². The molecule has 324 valence electrons. The van der Waals surface area contributed by atoms with Crippen LogP contribution in [-0.4, -0.2) is 54.6 Å². The van der Waals surface area contributed by atoms with Gasteiger partial charge in [-0.3, -0.25) is 4.79 Å². The predicted molar refractivity (Wildman–Crippen MR) is 238 cm³/mol. The van der Waals surface area contributed by atoms with Gasteiger partial charge in [-0.2, -0.15) is 0 Å². The summed E-state index contributed by atoms with van der Waals surface area (Å²) in [5.74, 6) is -1.24. The summed E-state index contributed by atoms with van der Waals surface area (Å²) in [5, 5.41) is 13.4. The van der Waals surface area contributed by atoms with Crippen molar-refractivity contribution in [3.63, 3.8) is 0 Å². The fourth-order valence-electron chi connectivity index (χ4n) is 8.93. The Morgan fingerprint density at radius 1 is 0.651 bits per heavy atom. The first kappa shape index (κ1) is 42.6. The Labute approximate surface area is 369 Å². The van der Waals surface area contributed by atoms with Gasteiger partial charge in [-0.05, 0) is 96.3 Å². The third kappa shape index (κ3) is 9.65. The number of ether oxygens (including phenoxy) is 7. The van der Waals surface area contributed by atoms with Crippen LogP contribution in [0.25, 0.3) is 0 Å². The maximum absolute atomic E-state index is 14.6. The number of methoxy groups -OCH3 is 1. The second-order valence-electron chi connectivity index (χ2n) is 16.8. The number of rotatable bonds is 17. The topological polar surface area (TPSA) is 102 Å². The summed E-state index contributed by atoms with van der Waals surface area (Å²) in [5.41, 5.74) is 5.77. The minimum absolute atomic E-state index is 0.0493. The molecule has 9 rings (SSSR count). The summed E-state index contributed by atoms with van der Waals surface area (Å²) in [4.78, 5) is 14.6. The van der Waals surface area contributed by atoms with Crippen molar-refractivity contribution in [1.29, 1.82) is 0 Å². The third-order valence-corrected chi connectivity index (χ3v) is 12.6. The van der Waals surface area contributed by atoms with E-state index in [1.807, 2.05) is 140 Å². The first-order chi connectivity index (χ1) is 30.9. The SMILES string of the molecule is COc1ccc(C2(O)OC(COCc3ccccc3)C(OCc3ccccc3)C(OCc3ccccc3)C2OCc2ccccc2)cc1C(=O)c1ccc2c(c1)CCC1(CCC1)O2. The molecule has 5 unspecified atom stereocenters. The van der Waals surface area contributed by atoms with Crippen LogP contribution in [0.15, 0.2) is 158 Å². The van der Waals surface area contributed by atoms with Crippen LogP contribution in [0.2, 0.25) is 0 Å². The number of hydrogen-bond acceptors (Lipinski definition) is 9. The van der Waals surface area contributed by atoms with Crippen molar-refractivity contribution >= 4 is 5.78 Å². The molecule has 0 bridgehead atoms. The number of hydrogen-bond donors (Lipinski definition) is 1. The van der Waals surface area contributed by atoms with E-state index in [1.54, 1.807) is 18.2 Å². The van der Waals surface area contributed by atoms with Crippen LogP contribution in [0.4, 0.5) is 0 Å². The smallest absolute Gasteiger partial charge is 0.222 e. The molecule has 9 nitrogen and oxygen atoms in total. The molecule has 1 N–H and O–H groups in total. The van der Waals surface area contributed by atoms with Crippen molar-refractivity contribution in [2.24, 2.45) is 0 Å². The highest BCUT2D eigenvalue weighted by Crippen LogP contribution is 2.46. The fourth-order valence-corrected chi connectivity index (χ4v) is 8.93. The van der Waals surface area contributed by atoms with Crippen molar-refractivity contribution in [2.75, 3.05) is 13.7 Å². The summed E-state index contributed by atoms with van der Waals surface area (Å²) < 4.78 is 46.1. The van der Waals surface area contributed by atoms with Crippen molar-refractivity contribution in [3.8, 4) is 11.5 Å². The Morgan fingerprint density at radius 2 is 1.22 bits per heavy atom.